The first-order valence-corrected chi connectivity index (χ1v) is 7.15. The van der Waals surface area contributed by atoms with Gasteiger partial charge < -0.3 is 0 Å². The van der Waals surface area contributed by atoms with Crippen molar-refractivity contribution in [2.24, 2.45) is 10.2 Å². The van der Waals surface area contributed by atoms with Gasteiger partial charge in [0.15, 0.2) is 5.69 Å². The van der Waals surface area contributed by atoms with Crippen LogP contribution in [0.15, 0.2) is 63.6 Å². The minimum atomic E-state index is -0.512. The molecule has 24 heavy (non-hydrogen) atoms. The molecule has 8 nitrogen and oxygen atoms in total. The van der Waals surface area contributed by atoms with Crippen LogP contribution in [0.2, 0.25) is 5.02 Å². The van der Waals surface area contributed by atoms with E-state index in [9.17, 15) is 14.9 Å². The van der Waals surface area contributed by atoms with Gasteiger partial charge in [0.1, 0.15) is 0 Å². The lowest BCUT2D eigenvalue weighted by molar-refractivity contribution is -0.384. The highest BCUT2D eigenvalue weighted by atomic mass is 35.5. The van der Waals surface area contributed by atoms with Gasteiger partial charge in [-0.3, -0.25) is 25.1 Å². The average Bonchev–Trinajstić information content (AvgIpc) is 2.94. The van der Waals surface area contributed by atoms with Gasteiger partial charge in [0.05, 0.1) is 16.3 Å². The van der Waals surface area contributed by atoms with Crippen LogP contribution in [0.5, 0.6) is 0 Å². The molecule has 120 valence electrons. The van der Waals surface area contributed by atoms with Crippen LogP contribution < -0.4 is 5.56 Å². The standard InChI is InChI=1S/C15H10ClN5O3/c16-10-4-2-5-11(8-10)17-19-14-13(18-20-15(14)22)9-3-1-6-12(7-9)21(23)24/h1-8H,(H2,18,20,22). The topological polar surface area (TPSA) is 117 Å². The first-order chi connectivity index (χ1) is 11.5. The summed E-state index contributed by atoms with van der Waals surface area (Å²) in [5.41, 5.74) is 0.690. The molecule has 0 unspecified atom stereocenters. The van der Waals surface area contributed by atoms with Crippen LogP contribution in [0.1, 0.15) is 0 Å². The lowest BCUT2D eigenvalue weighted by atomic mass is 10.1. The summed E-state index contributed by atoms with van der Waals surface area (Å²) in [7, 11) is 0. The van der Waals surface area contributed by atoms with Gasteiger partial charge in [0.25, 0.3) is 11.2 Å². The van der Waals surface area contributed by atoms with Gasteiger partial charge in [-0.25, -0.2) is 0 Å². The number of azo groups is 1. The average molecular weight is 344 g/mol. The second-order valence-electron chi connectivity index (χ2n) is 4.79. The molecule has 0 amide bonds. The van der Waals surface area contributed by atoms with E-state index in [2.05, 4.69) is 20.4 Å². The minimum Gasteiger partial charge on any atom is -0.295 e. The molecule has 0 aliphatic carbocycles. The lowest BCUT2D eigenvalue weighted by Gasteiger charge is -1.99. The Morgan fingerprint density at radius 2 is 1.83 bits per heavy atom. The Balaban J connectivity index is 2.02. The van der Waals surface area contributed by atoms with Crippen LogP contribution in [-0.4, -0.2) is 15.1 Å². The molecule has 0 aliphatic rings. The monoisotopic (exact) mass is 343 g/mol. The van der Waals surface area contributed by atoms with Crippen molar-refractivity contribution in [3.05, 3.63) is 74.0 Å². The van der Waals surface area contributed by atoms with Crippen molar-refractivity contribution >= 4 is 28.7 Å². The number of aromatic amines is 2. The maximum atomic E-state index is 11.9. The summed E-state index contributed by atoms with van der Waals surface area (Å²) >= 11 is 5.87. The molecule has 0 radical (unpaired) electrons. The Kier molecular flexibility index (Phi) is 4.21. The molecule has 2 aromatic carbocycles. The normalized spacial score (nSPS) is 11.0. The van der Waals surface area contributed by atoms with E-state index in [1.807, 2.05) is 0 Å². The fourth-order valence-electron chi connectivity index (χ4n) is 2.08. The van der Waals surface area contributed by atoms with E-state index in [0.717, 1.165) is 0 Å². The van der Waals surface area contributed by atoms with Crippen molar-refractivity contribution in [2.75, 3.05) is 0 Å². The van der Waals surface area contributed by atoms with E-state index < -0.39 is 10.5 Å². The quantitative estimate of drug-likeness (QED) is 0.416. The van der Waals surface area contributed by atoms with Gasteiger partial charge in [-0.05, 0) is 18.2 Å². The molecular weight excluding hydrogens is 334 g/mol. The van der Waals surface area contributed by atoms with Gasteiger partial charge in [-0.15, -0.1) is 5.11 Å². The zero-order valence-electron chi connectivity index (χ0n) is 12.1. The Labute approximate surface area is 140 Å². The molecule has 0 spiro atoms. The first kappa shape index (κ1) is 15.6. The molecule has 0 bridgehead atoms. The molecule has 0 saturated heterocycles. The predicted molar refractivity (Wildman–Crippen MR) is 89.1 cm³/mol. The van der Waals surface area contributed by atoms with Crippen molar-refractivity contribution in [2.45, 2.75) is 0 Å². The zero-order valence-corrected chi connectivity index (χ0v) is 12.8. The first-order valence-electron chi connectivity index (χ1n) is 6.77. The Bertz CT molecular complexity index is 993. The largest absolute Gasteiger partial charge is 0.295 e. The summed E-state index contributed by atoms with van der Waals surface area (Å²) in [6, 6.07) is 12.5. The summed E-state index contributed by atoms with van der Waals surface area (Å²) in [5.74, 6) is 0. The number of hydrogen-bond acceptors (Lipinski definition) is 5. The number of non-ortho nitro benzene ring substituents is 1. The van der Waals surface area contributed by atoms with Crippen LogP contribution >= 0.6 is 11.6 Å². The van der Waals surface area contributed by atoms with Crippen LogP contribution in [0.4, 0.5) is 17.1 Å². The third kappa shape index (κ3) is 3.23. The molecule has 0 fully saturated rings. The molecule has 3 aromatic rings. The van der Waals surface area contributed by atoms with Crippen LogP contribution in [0, 0.1) is 10.1 Å². The molecule has 1 heterocycles. The molecule has 0 aliphatic heterocycles. The number of rotatable bonds is 4. The lowest BCUT2D eigenvalue weighted by Crippen LogP contribution is -1.96. The van der Waals surface area contributed by atoms with E-state index in [4.69, 9.17) is 11.6 Å². The van der Waals surface area contributed by atoms with Crippen LogP contribution in [-0.2, 0) is 0 Å². The van der Waals surface area contributed by atoms with Gasteiger partial charge in [-0.2, -0.15) is 5.11 Å². The Morgan fingerprint density at radius 3 is 2.58 bits per heavy atom. The number of nitrogens with zero attached hydrogens (tertiary/aromatic N) is 3. The molecular formula is C15H10ClN5O3. The highest BCUT2D eigenvalue weighted by molar-refractivity contribution is 6.30. The second kappa shape index (κ2) is 6.47. The van der Waals surface area contributed by atoms with Gasteiger partial charge in [0, 0.05) is 22.7 Å². The van der Waals surface area contributed by atoms with Crippen LogP contribution in [0.25, 0.3) is 11.3 Å². The van der Waals surface area contributed by atoms with Crippen molar-refractivity contribution in [1.29, 1.82) is 0 Å². The second-order valence-corrected chi connectivity index (χ2v) is 5.23. The predicted octanol–water partition coefficient (Wildman–Crippen LogP) is 4.35. The SMILES string of the molecule is O=c1[nH][nH]c(-c2cccc([N+](=O)[O-])c2)c1N=Nc1cccc(Cl)c1. The number of nitrogens with one attached hydrogen (secondary N) is 2. The smallest absolute Gasteiger partial charge is 0.292 e. The minimum absolute atomic E-state index is 0.0236. The Hall–Kier alpha value is -3.26. The summed E-state index contributed by atoms with van der Waals surface area (Å²) in [6.07, 6.45) is 0. The molecule has 2 N–H and O–H groups in total. The van der Waals surface area contributed by atoms with E-state index in [0.29, 0.717) is 22.0 Å². The fourth-order valence-corrected chi connectivity index (χ4v) is 2.26. The summed E-state index contributed by atoms with van der Waals surface area (Å²) in [4.78, 5) is 22.3. The van der Waals surface area contributed by atoms with E-state index >= 15 is 0 Å². The highest BCUT2D eigenvalue weighted by Gasteiger charge is 2.14. The van der Waals surface area contributed by atoms with Crippen molar-refractivity contribution in [1.82, 2.24) is 10.2 Å². The maximum absolute atomic E-state index is 11.9. The Morgan fingerprint density at radius 1 is 1.04 bits per heavy atom. The summed E-state index contributed by atoms with van der Waals surface area (Å²) in [5, 5.41) is 24.4. The van der Waals surface area contributed by atoms with E-state index in [-0.39, 0.29) is 11.4 Å². The third-order valence-electron chi connectivity index (χ3n) is 3.17. The summed E-state index contributed by atoms with van der Waals surface area (Å²) in [6.45, 7) is 0. The molecule has 0 atom stereocenters. The van der Waals surface area contributed by atoms with Crippen molar-refractivity contribution in [3.8, 4) is 11.3 Å². The van der Waals surface area contributed by atoms with Crippen molar-refractivity contribution < 1.29 is 4.92 Å². The molecule has 9 heteroatoms. The third-order valence-corrected chi connectivity index (χ3v) is 3.41. The number of benzene rings is 2. The van der Waals surface area contributed by atoms with Gasteiger partial charge in [0.2, 0.25) is 0 Å². The number of nitro groups is 1. The van der Waals surface area contributed by atoms with Gasteiger partial charge in [-0.1, -0.05) is 29.8 Å². The number of hydrogen-bond donors (Lipinski definition) is 2. The number of H-pyrrole nitrogens is 2. The van der Waals surface area contributed by atoms with Crippen molar-refractivity contribution in [3.63, 3.8) is 0 Å². The summed E-state index contributed by atoms with van der Waals surface area (Å²) < 4.78 is 0. The molecule has 3 rings (SSSR count). The zero-order chi connectivity index (χ0) is 17.1. The maximum Gasteiger partial charge on any atom is 0.292 e. The highest BCUT2D eigenvalue weighted by Crippen LogP contribution is 2.29. The van der Waals surface area contributed by atoms with Gasteiger partial charge >= 0.3 is 0 Å². The molecule has 0 saturated carbocycles. The fraction of sp³-hybridized carbons (Fsp3) is 0. The van der Waals surface area contributed by atoms with Crippen LogP contribution in [0.3, 0.4) is 0 Å². The number of nitro benzene ring substituents is 1. The molecule has 1 aromatic heterocycles. The number of halogens is 1. The van der Waals surface area contributed by atoms with E-state index in [1.165, 1.54) is 18.2 Å². The number of aromatic nitrogens is 2. The van der Waals surface area contributed by atoms with E-state index in [1.54, 1.807) is 30.3 Å².